The number of halogens is 4. The van der Waals surface area contributed by atoms with Crippen molar-refractivity contribution in [2.24, 2.45) is 0 Å². The summed E-state index contributed by atoms with van der Waals surface area (Å²) in [5.74, 6) is -2.18. The van der Waals surface area contributed by atoms with Crippen molar-refractivity contribution in [2.45, 2.75) is 38.5 Å². The average molecular weight is 463 g/mol. The summed E-state index contributed by atoms with van der Waals surface area (Å²) >= 11 is 0. The molecule has 1 aliphatic heterocycles. The second-order valence-electron chi connectivity index (χ2n) is 7.79. The standard InChI is InChI=1S/C23H21F4N3O3/c1-14(13-31)3-8-19-22(33)30(21-18(24)9-15(2)10-28-21)12-20(32)29(19)11-16-4-6-17(7-5-16)23(25,26)27/h4-7,9-10,13,19H,1,3,8,11-12H2,2H3. The molecule has 2 heterocycles. The van der Waals surface area contributed by atoms with Crippen LogP contribution in [0.5, 0.6) is 0 Å². The number of alkyl halides is 3. The molecule has 10 heteroatoms. The quantitative estimate of drug-likeness (QED) is 0.356. The van der Waals surface area contributed by atoms with Gasteiger partial charge < -0.3 is 4.90 Å². The van der Waals surface area contributed by atoms with Crippen LogP contribution in [0.4, 0.5) is 23.4 Å². The van der Waals surface area contributed by atoms with Gasteiger partial charge in [-0.15, -0.1) is 0 Å². The number of nitrogens with zero attached hydrogens (tertiary/aromatic N) is 3. The Hall–Kier alpha value is -3.56. The highest BCUT2D eigenvalue weighted by Gasteiger charge is 2.41. The SMILES string of the molecule is C=C(C=O)CCC1C(=O)N(c2ncc(C)cc2F)CC(=O)N1Cc1ccc(C(F)(F)F)cc1. The van der Waals surface area contributed by atoms with Gasteiger partial charge in [-0.05, 0) is 54.7 Å². The number of allylic oxidation sites excluding steroid dienone is 1. The van der Waals surface area contributed by atoms with Crippen molar-refractivity contribution in [3.05, 3.63) is 71.2 Å². The number of pyridine rings is 1. The van der Waals surface area contributed by atoms with E-state index in [1.165, 1.54) is 29.3 Å². The molecule has 0 spiro atoms. The molecule has 1 aromatic heterocycles. The van der Waals surface area contributed by atoms with Gasteiger partial charge in [-0.3, -0.25) is 19.3 Å². The van der Waals surface area contributed by atoms with E-state index in [0.717, 1.165) is 17.0 Å². The smallest absolute Gasteiger partial charge is 0.325 e. The Morgan fingerprint density at radius 3 is 2.48 bits per heavy atom. The summed E-state index contributed by atoms with van der Waals surface area (Å²) < 4.78 is 53.0. The molecular formula is C23H21F4N3O3. The number of carbonyl (C=O) groups excluding carboxylic acids is 3. The summed E-state index contributed by atoms with van der Waals surface area (Å²) in [7, 11) is 0. The first-order chi connectivity index (χ1) is 15.5. The minimum Gasteiger partial charge on any atom is -0.325 e. The number of aryl methyl sites for hydroxylation is 1. The number of anilines is 1. The molecule has 0 saturated carbocycles. The molecule has 3 rings (SSSR count). The molecule has 1 aliphatic rings. The topological polar surface area (TPSA) is 70.6 Å². The van der Waals surface area contributed by atoms with Gasteiger partial charge in [0.05, 0.1) is 5.56 Å². The third-order valence-electron chi connectivity index (χ3n) is 5.29. The minimum atomic E-state index is -4.50. The molecule has 174 valence electrons. The van der Waals surface area contributed by atoms with Gasteiger partial charge in [-0.1, -0.05) is 18.7 Å². The van der Waals surface area contributed by atoms with Crippen LogP contribution in [0.25, 0.3) is 0 Å². The van der Waals surface area contributed by atoms with Crippen molar-refractivity contribution in [3.63, 3.8) is 0 Å². The predicted octanol–water partition coefficient (Wildman–Crippen LogP) is 3.83. The molecule has 0 aliphatic carbocycles. The van der Waals surface area contributed by atoms with Crippen LogP contribution in [-0.4, -0.2) is 40.6 Å². The third kappa shape index (κ3) is 5.44. The van der Waals surface area contributed by atoms with Crippen LogP contribution >= 0.6 is 0 Å². The highest BCUT2D eigenvalue weighted by atomic mass is 19.4. The fourth-order valence-corrected chi connectivity index (χ4v) is 3.55. The molecular weight excluding hydrogens is 442 g/mol. The average Bonchev–Trinajstić information content (AvgIpc) is 2.75. The van der Waals surface area contributed by atoms with E-state index in [-0.39, 0.29) is 30.8 Å². The number of rotatable bonds is 7. The number of amides is 2. The fraction of sp³-hybridized carbons (Fsp3) is 0.304. The van der Waals surface area contributed by atoms with Gasteiger partial charge in [0.1, 0.15) is 18.9 Å². The largest absolute Gasteiger partial charge is 0.416 e. The molecule has 1 atom stereocenters. The minimum absolute atomic E-state index is 0.0345. The molecule has 0 N–H and O–H groups in total. The Bertz CT molecular complexity index is 1080. The lowest BCUT2D eigenvalue weighted by molar-refractivity contribution is -0.144. The number of piperazine rings is 1. The fourth-order valence-electron chi connectivity index (χ4n) is 3.55. The van der Waals surface area contributed by atoms with Gasteiger partial charge in [-0.25, -0.2) is 9.37 Å². The van der Waals surface area contributed by atoms with Gasteiger partial charge in [-0.2, -0.15) is 13.2 Å². The molecule has 6 nitrogen and oxygen atoms in total. The van der Waals surface area contributed by atoms with Gasteiger partial charge >= 0.3 is 6.18 Å². The summed E-state index contributed by atoms with van der Waals surface area (Å²) in [5, 5.41) is 0. The zero-order chi connectivity index (χ0) is 24.3. The Morgan fingerprint density at radius 1 is 1.24 bits per heavy atom. The zero-order valence-electron chi connectivity index (χ0n) is 17.7. The molecule has 0 radical (unpaired) electrons. The van der Waals surface area contributed by atoms with Crippen LogP contribution in [-0.2, 0) is 27.1 Å². The van der Waals surface area contributed by atoms with E-state index in [4.69, 9.17) is 0 Å². The van der Waals surface area contributed by atoms with Gasteiger partial charge in [0.25, 0.3) is 5.91 Å². The Morgan fingerprint density at radius 2 is 1.91 bits per heavy atom. The van der Waals surface area contributed by atoms with Gasteiger partial charge in [0, 0.05) is 12.7 Å². The molecule has 1 fully saturated rings. The van der Waals surface area contributed by atoms with Crippen LogP contribution in [0.3, 0.4) is 0 Å². The van der Waals surface area contributed by atoms with Crippen molar-refractivity contribution in [3.8, 4) is 0 Å². The summed E-state index contributed by atoms with van der Waals surface area (Å²) in [6.07, 6.45) is -2.46. The first kappa shape index (κ1) is 24.1. The summed E-state index contributed by atoms with van der Waals surface area (Å²) in [5.41, 5.74) is 0.297. The summed E-state index contributed by atoms with van der Waals surface area (Å²) in [6, 6.07) is 4.37. The zero-order valence-corrected chi connectivity index (χ0v) is 17.7. The predicted molar refractivity (Wildman–Crippen MR) is 112 cm³/mol. The van der Waals surface area contributed by atoms with Crippen LogP contribution in [0.1, 0.15) is 29.5 Å². The molecule has 1 aromatic carbocycles. The molecule has 2 aromatic rings. The van der Waals surface area contributed by atoms with Crippen molar-refractivity contribution in [1.82, 2.24) is 9.88 Å². The third-order valence-corrected chi connectivity index (χ3v) is 5.29. The van der Waals surface area contributed by atoms with E-state index >= 15 is 0 Å². The van der Waals surface area contributed by atoms with Crippen molar-refractivity contribution in [2.75, 3.05) is 11.4 Å². The summed E-state index contributed by atoms with van der Waals surface area (Å²) in [6.45, 7) is 4.60. The summed E-state index contributed by atoms with van der Waals surface area (Å²) in [4.78, 5) is 43.3. The lowest BCUT2D eigenvalue weighted by Gasteiger charge is -2.40. The van der Waals surface area contributed by atoms with E-state index in [1.807, 2.05) is 0 Å². The number of hydrogen-bond acceptors (Lipinski definition) is 4. The monoisotopic (exact) mass is 463 g/mol. The van der Waals surface area contributed by atoms with E-state index in [0.29, 0.717) is 17.4 Å². The van der Waals surface area contributed by atoms with Crippen LogP contribution in [0.2, 0.25) is 0 Å². The van der Waals surface area contributed by atoms with Crippen LogP contribution in [0, 0.1) is 12.7 Å². The molecule has 1 saturated heterocycles. The normalized spacial score (nSPS) is 16.8. The second kappa shape index (κ2) is 9.51. The van der Waals surface area contributed by atoms with Crippen LogP contribution in [0.15, 0.2) is 48.7 Å². The van der Waals surface area contributed by atoms with Crippen molar-refractivity contribution >= 4 is 23.9 Å². The second-order valence-corrected chi connectivity index (χ2v) is 7.79. The van der Waals surface area contributed by atoms with Crippen LogP contribution < -0.4 is 4.90 Å². The number of aromatic nitrogens is 1. The highest BCUT2D eigenvalue weighted by molar-refractivity contribution is 6.06. The number of hydrogen-bond donors (Lipinski definition) is 0. The lowest BCUT2D eigenvalue weighted by atomic mass is 10.0. The number of aldehydes is 1. The molecule has 1 unspecified atom stereocenters. The number of benzene rings is 1. The Kier molecular flexibility index (Phi) is 6.95. The van der Waals surface area contributed by atoms with E-state index in [9.17, 15) is 31.9 Å². The molecule has 0 bridgehead atoms. The van der Waals surface area contributed by atoms with E-state index < -0.39 is 42.0 Å². The van der Waals surface area contributed by atoms with Gasteiger partial charge in [0.2, 0.25) is 5.91 Å². The van der Waals surface area contributed by atoms with Crippen molar-refractivity contribution < 1.29 is 31.9 Å². The Labute approximate surface area is 187 Å². The maximum Gasteiger partial charge on any atom is 0.416 e. The molecule has 2 amide bonds. The van der Waals surface area contributed by atoms with E-state index in [2.05, 4.69) is 11.6 Å². The van der Waals surface area contributed by atoms with Gasteiger partial charge in [0.15, 0.2) is 11.6 Å². The first-order valence-corrected chi connectivity index (χ1v) is 10.0. The number of carbonyl (C=O) groups is 3. The van der Waals surface area contributed by atoms with Crippen molar-refractivity contribution in [1.29, 1.82) is 0 Å². The Balaban J connectivity index is 1.90. The van der Waals surface area contributed by atoms with E-state index in [1.54, 1.807) is 6.92 Å². The first-order valence-electron chi connectivity index (χ1n) is 10.0. The lowest BCUT2D eigenvalue weighted by Crippen LogP contribution is -2.60. The maximum absolute atomic E-state index is 14.5. The maximum atomic E-state index is 14.5. The molecule has 33 heavy (non-hydrogen) atoms. The highest BCUT2D eigenvalue weighted by Crippen LogP contribution is 2.30.